The average molecular weight is 243 g/mol. The van der Waals surface area contributed by atoms with Gasteiger partial charge in [0.05, 0.1) is 5.60 Å². The van der Waals surface area contributed by atoms with Crippen molar-refractivity contribution in [2.75, 3.05) is 33.7 Å². The fourth-order valence-corrected chi connectivity index (χ4v) is 2.63. The van der Waals surface area contributed by atoms with Crippen molar-refractivity contribution in [3.8, 4) is 0 Å². The molecule has 1 fully saturated rings. The second-order valence-corrected chi connectivity index (χ2v) is 5.95. The van der Waals surface area contributed by atoms with E-state index in [0.29, 0.717) is 18.6 Å². The highest BCUT2D eigenvalue weighted by molar-refractivity contribution is 4.84. The van der Waals surface area contributed by atoms with Crippen LogP contribution in [0.3, 0.4) is 0 Å². The third-order valence-electron chi connectivity index (χ3n) is 4.13. The van der Waals surface area contributed by atoms with Gasteiger partial charge in [-0.05, 0) is 60.3 Å². The van der Waals surface area contributed by atoms with Crippen LogP contribution in [0.4, 0.5) is 0 Å². The van der Waals surface area contributed by atoms with Crippen molar-refractivity contribution in [1.29, 1.82) is 0 Å². The molecule has 4 nitrogen and oxygen atoms in total. The fraction of sp³-hybridized carbons (Fsp3) is 1.00. The smallest absolute Gasteiger partial charge is 0.0756 e. The molecular weight excluding hydrogens is 214 g/mol. The van der Waals surface area contributed by atoms with E-state index in [0.717, 1.165) is 6.42 Å². The third-order valence-corrected chi connectivity index (χ3v) is 4.13. The largest absolute Gasteiger partial charge is 0.389 e. The van der Waals surface area contributed by atoms with Gasteiger partial charge in [0, 0.05) is 18.6 Å². The number of piperidine rings is 1. The van der Waals surface area contributed by atoms with Crippen LogP contribution in [0.5, 0.6) is 0 Å². The summed E-state index contributed by atoms with van der Waals surface area (Å²) in [4.78, 5) is 4.79. The second-order valence-electron chi connectivity index (χ2n) is 5.95. The number of hydrogen-bond donors (Lipinski definition) is 2. The molecule has 1 aliphatic rings. The molecule has 17 heavy (non-hydrogen) atoms. The minimum atomic E-state index is -0.737. The average Bonchev–Trinajstić information content (AvgIpc) is 2.28. The van der Waals surface area contributed by atoms with Crippen LogP contribution in [0.15, 0.2) is 0 Å². The van der Waals surface area contributed by atoms with Gasteiger partial charge in [-0.25, -0.2) is 0 Å². The first-order valence-electron chi connectivity index (χ1n) is 6.68. The lowest BCUT2D eigenvalue weighted by molar-refractivity contribution is 0.0183. The molecular formula is C13H29N3O. The number of rotatable bonds is 5. The highest BCUT2D eigenvalue weighted by Gasteiger charge is 2.28. The van der Waals surface area contributed by atoms with Crippen molar-refractivity contribution in [2.24, 2.45) is 5.73 Å². The van der Waals surface area contributed by atoms with Gasteiger partial charge in [-0.2, -0.15) is 0 Å². The van der Waals surface area contributed by atoms with Gasteiger partial charge < -0.3 is 20.6 Å². The predicted molar refractivity (Wildman–Crippen MR) is 72.0 cm³/mol. The molecule has 0 spiro atoms. The molecule has 0 radical (unpaired) electrons. The molecule has 0 aromatic heterocycles. The van der Waals surface area contributed by atoms with E-state index in [4.69, 9.17) is 5.73 Å². The van der Waals surface area contributed by atoms with Crippen molar-refractivity contribution in [3.05, 3.63) is 0 Å². The topological polar surface area (TPSA) is 52.7 Å². The van der Waals surface area contributed by atoms with E-state index in [9.17, 15) is 5.11 Å². The van der Waals surface area contributed by atoms with Gasteiger partial charge in [-0.15, -0.1) is 0 Å². The van der Waals surface area contributed by atoms with Crippen molar-refractivity contribution >= 4 is 0 Å². The van der Waals surface area contributed by atoms with Crippen LogP contribution >= 0.6 is 0 Å². The summed E-state index contributed by atoms with van der Waals surface area (Å²) in [6.07, 6.45) is 3.19. The number of hydrogen-bond acceptors (Lipinski definition) is 4. The van der Waals surface area contributed by atoms with Crippen LogP contribution in [-0.2, 0) is 0 Å². The number of nitrogens with two attached hydrogens (primary N) is 1. The summed E-state index contributed by atoms with van der Waals surface area (Å²) in [6.45, 7) is 6.69. The zero-order chi connectivity index (χ0) is 13.1. The Balaban J connectivity index is 2.43. The Labute approximate surface area is 106 Å². The normalized spacial score (nSPS) is 24.9. The van der Waals surface area contributed by atoms with Gasteiger partial charge in [0.1, 0.15) is 0 Å². The van der Waals surface area contributed by atoms with Gasteiger partial charge in [0.25, 0.3) is 0 Å². The summed E-state index contributed by atoms with van der Waals surface area (Å²) >= 11 is 0. The Morgan fingerprint density at radius 1 is 1.47 bits per heavy atom. The van der Waals surface area contributed by atoms with Crippen LogP contribution in [0.2, 0.25) is 0 Å². The Hall–Kier alpha value is -0.160. The zero-order valence-electron chi connectivity index (χ0n) is 11.8. The van der Waals surface area contributed by atoms with Crippen LogP contribution in [-0.4, -0.2) is 66.3 Å². The monoisotopic (exact) mass is 243 g/mol. The van der Waals surface area contributed by atoms with E-state index in [1.807, 2.05) is 6.92 Å². The Bertz CT molecular complexity index is 225. The van der Waals surface area contributed by atoms with E-state index in [1.54, 1.807) is 0 Å². The molecule has 3 N–H and O–H groups in total. The SMILES string of the molecule is CC(CC(C)(O)CN)N(C)C1CCN(C)CC1. The fourth-order valence-electron chi connectivity index (χ4n) is 2.63. The van der Waals surface area contributed by atoms with Gasteiger partial charge >= 0.3 is 0 Å². The maximum atomic E-state index is 10.0. The molecule has 0 aromatic carbocycles. The molecule has 0 bridgehead atoms. The van der Waals surface area contributed by atoms with Crippen molar-refractivity contribution in [3.63, 3.8) is 0 Å². The molecule has 2 atom stereocenters. The minimum Gasteiger partial charge on any atom is -0.389 e. The quantitative estimate of drug-likeness (QED) is 0.738. The predicted octanol–water partition coefficient (Wildman–Crippen LogP) is 0.501. The van der Waals surface area contributed by atoms with E-state index in [2.05, 4.69) is 30.8 Å². The van der Waals surface area contributed by atoms with Crippen molar-refractivity contribution in [1.82, 2.24) is 9.80 Å². The molecule has 1 saturated heterocycles. The lowest BCUT2D eigenvalue weighted by atomic mass is 9.94. The molecule has 0 saturated carbocycles. The summed E-state index contributed by atoms with van der Waals surface area (Å²) in [6, 6.07) is 1.02. The maximum absolute atomic E-state index is 10.0. The van der Waals surface area contributed by atoms with Crippen LogP contribution in [0, 0.1) is 0 Å². The van der Waals surface area contributed by atoms with Crippen LogP contribution < -0.4 is 5.73 Å². The third kappa shape index (κ3) is 4.54. The van der Waals surface area contributed by atoms with Crippen molar-refractivity contribution < 1.29 is 5.11 Å². The van der Waals surface area contributed by atoms with E-state index >= 15 is 0 Å². The van der Waals surface area contributed by atoms with Gasteiger partial charge in [-0.1, -0.05) is 0 Å². The first kappa shape index (κ1) is 14.9. The molecule has 1 heterocycles. The molecule has 1 aliphatic heterocycles. The molecule has 0 aliphatic carbocycles. The zero-order valence-corrected chi connectivity index (χ0v) is 11.8. The standard InChI is InChI=1S/C13H29N3O/c1-11(9-13(2,17)10-14)16(4)12-5-7-15(3)8-6-12/h11-12,17H,5-10,14H2,1-4H3. The Morgan fingerprint density at radius 3 is 2.47 bits per heavy atom. The molecule has 2 unspecified atom stereocenters. The number of likely N-dealkylation sites (tertiary alicyclic amines) is 1. The van der Waals surface area contributed by atoms with Gasteiger partial charge in [0.15, 0.2) is 0 Å². The highest BCUT2D eigenvalue weighted by Crippen LogP contribution is 2.21. The van der Waals surface area contributed by atoms with E-state index < -0.39 is 5.60 Å². The Morgan fingerprint density at radius 2 is 2.00 bits per heavy atom. The summed E-state index contributed by atoms with van der Waals surface area (Å²) in [7, 11) is 4.35. The first-order chi connectivity index (χ1) is 7.85. The van der Waals surface area contributed by atoms with Crippen molar-refractivity contribution in [2.45, 2.75) is 50.8 Å². The molecule has 0 aromatic rings. The summed E-state index contributed by atoms with van der Waals surface area (Å²) in [5.74, 6) is 0. The van der Waals surface area contributed by atoms with E-state index in [-0.39, 0.29) is 0 Å². The van der Waals surface area contributed by atoms with Crippen LogP contribution in [0.25, 0.3) is 0 Å². The van der Waals surface area contributed by atoms with Gasteiger partial charge in [0.2, 0.25) is 0 Å². The lowest BCUT2D eigenvalue weighted by Crippen LogP contribution is -2.48. The van der Waals surface area contributed by atoms with Crippen LogP contribution in [0.1, 0.15) is 33.1 Å². The molecule has 1 rings (SSSR count). The Kier molecular flexibility index (Phi) is 5.38. The second kappa shape index (κ2) is 6.14. The minimum absolute atomic E-state index is 0.332. The number of aliphatic hydroxyl groups is 1. The molecule has 102 valence electrons. The van der Waals surface area contributed by atoms with Gasteiger partial charge in [-0.3, -0.25) is 0 Å². The first-order valence-corrected chi connectivity index (χ1v) is 6.68. The summed E-state index contributed by atoms with van der Waals surface area (Å²) in [5.41, 5.74) is 4.84. The van der Waals surface area contributed by atoms with E-state index in [1.165, 1.54) is 25.9 Å². The maximum Gasteiger partial charge on any atom is 0.0756 e. The lowest BCUT2D eigenvalue weighted by Gasteiger charge is -2.40. The highest BCUT2D eigenvalue weighted by atomic mass is 16.3. The number of nitrogens with zero attached hydrogens (tertiary/aromatic N) is 2. The molecule has 4 heteroatoms. The summed E-state index contributed by atoms with van der Waals surface area (Å²) < 4.78 is 0. The molecule has 0 amide bonds. The summed E-state index contributed by atoms with van der Waals surface area (Å²) in [5, 5.41) is 10.0.